The number of aromatic hydroxyl groups is 2. The number of benzene rings is 2. The van der Waals surface area contributed by atoms with Gasteiger partial charge in [-0.1, -0.05) is 24.3 Å². The maximum absolute atomic E-state index is 14.4. The van der Waals surface area contributed by atoms with E-state index in [1.54, 1.807) is 24.3 Å². The molecule has 6 atom stereocenters. The van der Waals surface area contributed by atoms with Crippen molar-refractivity contribution in [3.63, 3.8) is 0 Å². The molecule has 13 nitrogen and oxygen atoms in total. The summed E-state index contributed by atoms with van der Waals surface area (Å²) in [5, 5.41) is 46.2. The first-order valence-electron chi connectivity index (χ1n) is 15.4. The van der Waals surface area contributed by atoms with Crippen molar-refractivity contribution in [2.24, 2.45) is 22.4 Å². The minimum Gasteiger partial charge on any atom is -0.508 e. The summed E-state index contributed by atoms with van der Waals surface area (Å²) in [7, 11) is 0. The van der Waals surface area contributed by atoms with Gasteiger partial charge in [-0.2, -0.15) is 0 Å². The van der Waals surface area contributed by atoms with Crippen molar-refractivity contribution >= 4 is 23.7 Å². The van der Waals surface area contributed by atoms with E-state index in [-0.39, 0.29) is 48.2 Å². The molecule has 13 heteroatoms. The Labute approximate surface area is 262 Å². The van der Waals surface area contributed by atoms with E-state index >= 15 is 0 Å². The molecule has 0 spiro atoms. The number of nitrogens with one attached hydrogen (secondary N) is 2. The highest BCUT2D eigenvalue weighted by Gasteiger charge is 2.50. The molecular formula is C32H44N6O7. The number of guanidine groups is 1. The molecule has 1 aliphatic heterocycles. The second-order valence-electron chi connectivity index (χ2n) is 11.9. The molecule has 4 rings (SSSR count). The van der Waals surface area contributed by atoms with Crippen molar-refractivity contribution < 1.29 is 34.8 Å². The lowest BCUT2D eigenvalue weighted by Crippen LogP contribution is -2.58. The molecule has 2 fully saturated rings. The predicted octanol–water partition coefficient (Wildman–Crippen LogP) is 0.0290. The van der Waals surface area contributed by atoms with Gasteiger partial charge in [0.1, 0.15) is 29.7 Å². The molecule has 0 unspecified atom stereocenters. The summed E-state index contributed by atoms with van der Waals surface area (Å²) < 4.78 is 0. The van der Waals surface area contributed by atoms with Crippen LogP contribution in [-0.2, 0) is 27.2 Å². The number of carbonyl (C=O) groups is 3. The summed E-state index contributed by atoms with van der Waals surface area (Å²) in [5.41, 5.74) is 12.0. The van der Waals surface area contributed by atoms with Crippen LogP contribution in [0, 0.1) is 5.92 Å². The van der Waals surface area contributed by atoms with Crippen LogP contribution in [0.3, 0.4) is 0 Å². The zero-order valence-electron chi connectivity index (χ0n) is 25.2. The van der Waals surface area contributed by atoms with E-state index in [9.17, 15) is 34.8 Å². The van der Waals surface area contributed by atoms with Crippen molar-refractivity contribution in [2.75, 3.05) is 13.1 Å². The maximum Gasteiger partial charge on any atom is 0.249 e. The molecule has 0 aromatic heterocycles. The number of aliphatic hydroxyl groups excluding tert-OH is 2. The average molecular weight is 625 g/mol. The fraction of sp³-hybridized carbons (Fsp3) is 0.500. The molecule has 3 amide bonds. The Hall–Kier alpha value is -4.36. The van der Waals surface area contributed by atoms with Crippen LogP contribution < -0.4 is 22.1 Å². The number of amides is 3. The van der Waals surface area contributed by atoms with E-state index < -0.39 is 36.1 Å². The van der Waals surface area contributed by atoms with Crippen molar-refractivity contribution in [1.82, 2.24) is 15.5 Å². The number of phenols is 2. The smallest absolute Gasteiger partial charge is 0.249 e. The minimum atomic E-state index is -1.48. The average Bonchev–Trinajstić information content (AvgIpc) is 3.38. The van der Waals surface area contributed by atoms with Crippen LogP contribution >= 0.6 is 0 Å². The van der Waals surface area contributed by atoms with Gasteiger partial charge in [0.15, 0.2) is 5.96 Å². The molecule has 244 valence electrons. The number of aliphatic hydroxyl groups is 2. The lowest BCUT2D eigenvalue weighted by molar-refractivity contribution is -0.145. The molecule has 2 aliphatic rings. The van der Waals surface area contributed by atoms with Gasteiger partial charge in [0.2, 0.25) is 17.7 Å². The number of unbranched alkanes of at least 4 members (excludes halogenated alkanes) is 1. The van der Waals surface area contributed by atoms with Gasteiger partial charge in [0.05, 0.1) is 6.10 Å². The number of phenolic OH excluding ortho intramolecular Hbond substituents is 2. The zero-order chi connectivity index (χ0) is 32.5. The normalized spacial score (nSPS) is 22.1. The van der Waals surface area contributed by atoms with Gasteiger partial charge in [-0.15, -0.1) is 0 Å². The van der Waals surface area contributed by atoms with Gasteiger partial charge in [-0.3, -0.25) is 19.4 Å². The minimum absolute atomic E-state index is 0.00533. The topological polar surface area (TPSA) is 224 Å². The molecule has 2 aromatic rings. The van der Waals surface area contributed by atoms with Gasteiger partial charge < -0.3 is 47.4 Å². The van der Waals surface area contributed by atoms with E-state index in [0.717, 1.165) is 0 Å². The highest BCUT2D eigenvalue weighted by Crippen LogP contribution is 2.40. The van der Waals surface area contributed by atoms with Gasteiger partial charge >= 0.3 is 0 Å². The lowest BCUT2D eigenvalue weighted by Gasteiger charge is -2.37. The highest BCUT2D eigenvalue weighted by molar-refractivity contribution is 5.94. The van der Waals surface area contributed by atoms with Crippen LogP contribution in [0.2, 0.25) is 0 Å². The van der Waals surface area contributed by atoms with Gasteiger partial charge in [0, 0.05) is 32.0 Å². The number of nitrogens with two attached hydrogens (primary N) is 2. The van der Waals surface area contributed by atoms with Crippen molar-refractivity contribution in [1.29, 1.82) is 0 Å². The Balaban J connectivity index is 1.53. The number of carbonyl (C=O) groups excluding carboxylic acids is 3. The molecule has 0 bridgehead atoms. The summed E-state index contributed by atoms with van der Waals surface area (Å²) in [6, 6.07) is 10.00. The van der Waals surface area contributed by atoms with E-state index in [2.05, 4.69) is 15.6 Å². The number of aliphatic imine (C=N–C) groups is 1. The summed E-state index contributed by atoms with van der Waals surface area (Å²) in [6.45, 7) is 0.804. The number of fused-ring (bicyclic) bond motifs is 1. The van der Waals surface area contributed by atoms with Crippen LogP contribution in [0.1, 0.15) is 49.7 Å². The van der Waals surface area contributed by atoms with E-state index in [1.165, 1.54) is 29.2 Å². The fourth-order valence-electron chi connectivity index (χ4n) is 6.22. The van der Waals surface area contributed by atoms with Gasteiger partial charge in [-0.05, 0) is 79.8 Å². The molecular weight excluding hydrogens is 580 g/mol. The molecule has 45 heavy (non-hydrogen) atoms. The van der Waals surface area contributed by atoms with Crippen LogP contribution in [0.5, 0.6) is 11.5 Å². The third-order valence-electron chi connectivity index (χ3n) is 8.54. The molecule has 10 N–H and O–H groups in total. The van der Waals surface area contributed by atoms with Crippen LogP contribution in [0.4, 0.5) is 0 Å². The Morgan fingerprint density at radius 3 is 2.16 bits per heavy atom. The highest BCUT2D eigenvalue weighted by atomic mass is 16.3. The number of hydrogen-bond acceptors (Lipinski definition) is 8. The molecule has 1 saturated heterocycles. The third kappa shape index (κ3) is 9.32. The number of rotatable bonds is 13. The first-order chi connectivity index (χ1) is 21.5. The predicted molar refractivity (Wildman–Crippen MR) is 167 cm³/mol. The Bertz CT molecular complexity index is 1330. The quantitative estimate of drug-likeness (QED) is 0.0854. The van der Waals surface area contributed by atoms with Gasteiger partial charge in [0.25, 0.3) is 0 Å². The number of hydrogen-bond donors (Lipinski definition) is 8. The monoisotopic (exact) mass is 624 g/mol. The molecule has 0 radical (unpaired) electrons. The maximum atomic E-state index is 14.4. The van der Waals surface area contributed by atoms with Crippen molar-refractivity contribution in [3.8, 4) is 11.5 Å². The summed E-state index contributed by atoms with van der Waals surface area (Å²) >= 11 is 0. The fourth-order valence-corrected chi connectivity index (χ4v) is 6.22. The van der Waals surface area contributed by atoms with Gasteiger partial charge in [-0.25, -0.2) is 0 Å². The molecule has 1 heterocycles. The third-order valence-corrected chi connectivity index (χ3v) is 8.54. The van der Waals surface area contributed by atoms with E-state index in [0.29, 0.717) is 62.7 Å². The second kappa shape index (κ2) is 15.6. The van der Waals surface area contributed by atoms with E-state index in [1.807, 2.05) is 0 Å². The standard InChI is InChI=1S/C32H44N6O7/c33-32(34)36-14-2-1-13-35-29(43)27-17-21-7-12-24(41)18-26(21)38(27)31(45)25(15-19-3-8-22(39)9-4-19)37-30(44)28(42)16-20-5-10-23(40)11-6-20/h3-6,8-11,21,24-28,39-42H,1-2,7,12-18H2,(H,35,43)(H,37,44)(H4,33,34,36)/t21-,24+,25+,26-,27-,28-/m0/s1. The molecule has 1 saturated carbocycles. The number of likely N-dealkylation sites (tertiary alicyclic amines) is 1. The molecule has 2 aromatic carbocycles. The van der Waals surface area contributed by atoms with Crippen LogP contribution in [0.15, 0.2) is 53.5 Å². The van der Waals surface area contributed by atoms with Crippen LogP contribution in [0.25, 0.3) is 0 Å². The number of nitrogens with zero attached hydrogens (tertiary/aromatic N) is 2. The van der Waals surface area contributed by atoms with Crippen LogP contribution in [-0.4, -0.2) is 92.4 Å². The Kier molecular flexibility index (Phi) is 11.6. The second-order valence-corrected chi connectivity index (χ2v) is 11.9. The lowest BCUT2D eigenvalue weighted by atomic mass is 9.83. The molecule has 1 aliphatic carbocycles. The Morgan fingerprint density at radius 1 is 0.911 bits per heavy atom. The largest absolute Gasteiger partial charge is 0.508 e. The first kappa shape index (κ1) is 33.5. The van der Waals surface area contributed by atoms with E-state index in [4.69, 9.17) is 11.5 Å². The van der Waals surface area contributed by atoms with Crippen molar-refractivity contribution in [3.05, 3.63) is 59.7 Å². The first-order valence-corrected chi connectivity index (χ1v) is 15.4. The Morgan fingerprint density at radius 2 is 1.53 bits per heavy atom. The summed E-state index contributed by atoms with van der Waals surface area (Å²) in [5.74, 6) is -1.44. The SMILES string of the molecule is NC(N)=NCCCCNC(=O)[C@@H]1C[C@@H]2CC[C@@H](O)C[C@@H]2N1C(=O)[C@@H](Cc1ccc(O)cc1)NC(=O)[C@@H](O)Cc1ccc(O)cc1. The summed E-state index contributed by atoms with van der Waals surface area (Å²) in [4.78, 5) is 46.6. The summed E-state index contributed by atoms with van der Waals surface area (Å²) in [6.07, 6.45) is 1.21. The van der Waals surface area contributed by atoms with Crippen molar-refractivity contribution in [2.45, 2.75) is 81.7 Å². The zero-order valence-corrected chi connectivity index (χ0v) is 25.2.